The molecule has 0 saturated carbocycles. The quantitative estimate of drug-likeness (QED) is 0.174. The monoisotopic (exact) mass is 386 g/mol. The second kappa shape index (κ2) is 16.1. The van der Waals surface area contributed by atoms with Gasteiger partial charge in [-0.05, 0) is 19.9 Å². The molecule has 0 aliphatic heterocycles. The molecule has 0 spiro atoms. The highest BCUT2D eigenvalue weighted by molar-refractivity contribution is 6.70. The van der Waals surface area contributed by atoms with Gasteiger partial charge in [0.2, 0.25) is 0 Å². The molecule has 0 saturated heterocycles. The average molecular weight is 387 g/mol. The van der Waals surface area contributed by atoms with E-state index in [1.54, 1.807) is 0 Å². The van der Waals surface area contributed by atoms with Crippen molar-refractivity contribution in [2.75, 3.05) is 13.2 Å². The van der Waals surface area contributed by atoms with Gasteiger partial charge in [0, 0.05) is 18.3 Å². The van der Waals surface area contributed by atoms with Crippen molar-refractivity contribution in [2.24, 2.45) is 0 Å². The van der Waals surface area contributed by atoms with Gasteiger partial charge in [-0.2, -0.15) is 0 Å². The van der Waals surface area contributed by atoms with E-state index in [-0.39, 0.29) is 5.04 Å². The lowest BCUT2D eigenvalue weighted by atomic mass is 10.1. The third kappa shape index (κ3) is 11.8. The minimum atomic E-state index is -2.10. The third-order valence-electron chi connectivity index (χ3n) is 5.51. The summed E-state index contributed by atoms with van der Waals surface area (Å²) in [4.78, 5) is 0. The molecule has 0 rings (SSSR count). The van der Waals surface area contributed by atoms with Crippen LogP contribution < -0.4 is 0 Å². The summed E-state index contributed by atoms with van der Waals surface area (Å²) in [5, 5.41) is 0.149. The second-order valence-corrected chi connectivity index (χ2v) is 12.9. The van der Waals surface area contributed by atoms with Crippen LogP contribution in [0.15, 0.2) is 0 Å². The molecule has 158 valence electrons. The fraction of sp³-hybridized carbons (Fsp3) is 1.00. The molecule has 0 aliphatic carbocycles. The predicted octanol–water partition coefficient (Wildman–Crippen LogP) is 8.39. The number of hydrogen-bond acceptors (Lipinski definition) is 2. The number of rotatable bonds is 18. The summed E-state index contributed by atoms with van der Waals surface area (Å²) in [6, 6.07) is 1.15. The zero-order valence-corrected chi connectivity index (χ0v) is 20.1. The van der Waals surface area contributed by atoms with Crippen LogP contribution in [0, 0.1) is 0 Å². The minimum Gasteiger partial charge on any atom is -0.394 e. The SMILES string of the molecule is CCCCCCCCCCCCCCC[Si](OCC)(OCC)C(C)(C)C. The maximum atomic E-state index is 6.26. The van der Waals surface area contributed by atoms with Gasteiger partial charge in [0.25, 0.3) is 0 Å². The van der Waals surface area contributed by atoms with Crippen LogP contribution in [0.2, 0.25) is 11.1 Å². The molecule has 0 fully saturated rings. The van der Waals surface area contributed by atoms with Gasteiger partial charge in [-0.1, -0.05) is 111 Å². The standard InChI is InChI=1S/C23H50O2Si/c1-7-10-11-12-13-14-15-16-17-18-19-20-21-22-26(24-8-2,25-9-3)23(4,5)6/h7-22H2,1-6H3. The Morgan fingerprint density at radius 3 is 1.19 bits per heavy atom. The summed E-state index contributed by atoms with van der Waals surface area (Å²) in [7, 11) is -2.10. The lowest BCUT2D eigenvalue weighted by Crippen LogP contribution is -2.50. The second-order valence-electron chi connectivity index (χ2n) is 8.86. The third-order valence-corrected chi connectivity index (χ3v) is 10.3. The van der Waals surface area contributed by atoms with Crippen molar-refractivity contribution in [1.29, 1.82) is 0 Å². The van der Waals surface area contributed by atoms with Crippen molar-refractivity contribution in [2.45, 2.75) is 136 Å². The normalized spacial score (nSPS) is 12.7. The fourth-order valence-corrected chi connectivity index (χ4v) is 7.47. The first-order chi connectivity index (χ1) is 12.4. The van der Waals surface area contributed by atoms with Crippen LogP contribution >= 0.6 is 0 Å². The van der Waals surface area contributed by atoms with E-state index in [1.165, 1.54) is 83.5 Å². The molecule has 26 heavy (non-hydrogen) atoms. The van der Waals surface area contributed by atoms with Gasteiger partial charge in [0.05, 0.1) is 0 Å². The first-order valence-corrected chi connectivity index (χ1v) is 13.7. The summed E-state index contributed by atoms with van der Waals surface area (Å²) in [5.74, 6) is 0. The van der Waals surface area contributed by atoms with E-state index < -0.39 is 8.56 Å². The molecular formula is C23H50O2Si. The van der Waals surface area contributed by atoms with Gasteiger partial charge in [0.1, 0.15) is 0 Å². The maximum absolute atomic E-state index is 6.26. The molecule has 0 aromatic carbocycles. The van der Waals surface area contributed by atoms with Crippen molar-refractivity contribution in [1.82, 2.24) is 0 Å². The zero-order chi connectivity index (χ0) is 19.7. The topological polar surface area (TPSA) is 18.5 Å². The Morgan fingerprint density at radius 1 is 0.538 bits per heavy atom. The molecule has 0 unspecified atom stereocenters. The Kier molecular flexibility index (Phi) is 16.2. The largest absolute Gasteiger partial charge is 0.394 e. The van der Waals surface area contributed by atoms with Crippen LogP contribution in [0.4, 0.5) is 0 Å². The van der Waals surface area contributed by atoms with E-state index in [0.29, 0.717) is 0 Å². The molecule has 0 aromatic heterocycles. The Bertz CT molecular complexity index is 293. The van der Waals surface area contributed by atoms with Crippen molar-refractivity contribution in [3.8, 4) is 0 Å². The lowest BCUT2D eigenvalue weighted by Gasteiger charge is -2.40. The fourth-order valence-electron chi connectivity index (χ4n) is 3.84. The maximum Gasteiger partial charge on any atom is 0.343 e. The molecule has 0 bridgehead atoms. The highest BCUT2D eigenvalue weighted by atomic mass is 28.4. The van der Waals surface area contributed by atoms with Crippen molar-refractivity contribution in [3.05, 3.63) is 0 Å². The summed E-state index contributed by atoms with van der Waals surface area (Å²) in [6.45, 7) is 15.0. The van der Waals surface area contributed by atoms with E-state index in [9.17, 15) is 0 Å². The van der Waals surface area contributed by atoms with Crippen molar-refractivity contribution >= 4 is 8.56 Å². The molecule has 0 radical (unpaired) electrons. The van der Waals surface area contributed by atoms with Crippen LogP contribution in [0.3, 0.4) is 0 Å². The van der Waals surface area contributed by atoms with Crippen molar-refractivity contribution in [3.63, 3.8) is 0 Å². The van der Waals surface area contributed by atoms with E-state index in [4.69, 9.17) is 8.85 Å². The summed E-state index contributed by atoms with van der Waals surface area (Å²) < 4.78 is 12.5. The molecule has 0 atom stereocenters. The Labute approximate surface area is 167 Å². The van der Waals surface area contributed by atoms with E-state index in [1.807, 2.05) is 0 Å². The Hall–Kier alpha value is 0.137. The minimum absolute atomic E-state index is 0.149. The van der Waals surface area contributed by atoms with Crippen molar-refractivity contribution < 1.29 is 8.85 Å². The van der Waals surface area contributed by atoms with E-state index in [2.05, 4.69) is 41.5 Å². The van der Waals surface area contributed by atoms with E-state index in [0.717, 1.165) is 19.3 Å². The number of hydrogen-bond donors (Lipinski definition) is 0. The lowest BCUT2D eigenvalue weighted by molar-refractivity contribution is 0.159. The van der Waals surface area contributed by atoms with Gasteiger partial charge < -0.3 is 8.85 Å². The van der Waals surface area contributed by atoms with Gasteiger partial charge in [-0.15, -0.1) is 0 Å². The molecule has 0 N–H and O–H groups in total. The molecule has 2 nitrogen and oxygen atoms in total. The first kappa shape index (κ1) is 26.1. The highest BCUT2D eigenvalue weighted by Crippen LogP contribution is 2.41. The summed E-state index contributed by atoms with van der Waals surface area (Å²) >= 11 is 0. The number of unbranched alkanes of at least 4 members (excludes halogenated alkanes) is 12. The van der Waals surface area contributed by atoms with Gasteiger partial charge in [0.15, 0.2) is 0 Å². The average Bonchev–Trinajstić information content (AvgIpc) is 2.58. The van der Waals surface area contributed by atoms with Gasteiger partial charge in [-0.3, -0.25) is 0 Å². The molecular weight excluding hydrogens is 336 g/mol. The van der Waals surface area contributed by atoms with Gasteiger partial charge >= 0.3 is 8.56 Å². The Morgan fingerprint density at radius 2 is 0.885 bits per heavy atom. The molecule has 0 amide bonds. The Balaban J connectivity index is 3.76. The molecule has 3 heteroatoms. The van der Waals surface area contributed by atoms with E-state index >= 15 is 0 Å². The summed E-state index contributed by atoms with van der Waals surface area (Å²) in [5.41, 5.74) is 0. The van der Waals surface area contributed by atoms with Crippen LogP contribution in [-0.4, -0.2) is 21.8 Å². The van der Waals surface area contributed by atoms with Crippen LogP contribution in [0.5, 0.6) is 0 Å². The van der Waals surface area contributed by atoms with Crippen LogP contribution in [0.25, 0.3) is 0 Å². The molecule has 0 aliphatic rings. The highest BCUT2D eigenvalue weighted by Gasteiger charge is 2.48. The van der Waals surface area contributed by atoms with Gasteiger partial charge in [-0.25, -0.2) is 0 Å². The smallest absolute Gasteiger partial charge is 0.343 e. The summed E-state index contributed by atoms with van der Waals surface area (Å²) in [6.07, 6.45) is 18.3. The zero-order valence-electron chi connectivity index (χ0n) is 19.1. The molecule has 0 heterocycles. The van der Waals surface area contributed by atoms with Crippen LogP contribution in [-0.2, 0) is 8.85 Å². The molecule has 0 aromatic rings. The first-order valence-electron chi connectivity index (χ1n) is 11.7. The predicted molar refractivity (Wildman–Crippen MR) is 119 cm³/mol. The van der Waals surface area contributed by atoms with Crippen LogP contribution in [0.1, 0.15) is 125 Å².